The van der Waals surface area contributed by atoms with Gasteiger partial charge in [-0.2, -0.15) is 0 Å². The minimum Gasteiger partial charge on any atom is -0.397 e. The maximum absolute atomic E-state index is 12.5. The summed E-state index contributed by atoms with van der Waals surface area (Å²) in [7, 11) is 0. The predicted molar refractivity (Wildman–Crippen MR) is 78.7 cm³/mol. The van der Waals surface area contributed by atoms with Gasteiger partial charge in [0.25, 0.3) is 5.91 Å². The smallest absolute Gasteiger partial charge is 0.254 e. The highest BCUT2D eigenvalue weighted by Crippen LogP contribution is 2.30. The summed E-state index contributed by atoms with van der Waals surface area (Å²) in [5.41, 5.74) is 11.6. The fourth-order valence-corrected chi connectivity index (χ4v) is 2.71. The summed E-state index contributed by atoms with van der Waals surface area (Å²) < 4.78 is 0. The van der Waals surface area contributed by atoms with Gasteiger partial charge in [0, 0.05) is 12.1 Å². The van der Waals surface area contributed by atoms with Crippen LogP contribution in [0.1, 0.15) is 29.6 Å². The number of nitrogens with two attached hydrogens (primary N) is 2. The molecule has 2 amide bonds. The van der Waals surface area contributed by atoms with Gasteiger partial charge in [0.05, 0.1) is 15.7 Å². The number of hydrogen-bond acceptors (Lipinski definition) is 3. The zero-order chi connectivity index (χ0) is 14.9. The van der Waals surface area contributed by atoms with Crippen LogP contribution in [0.4, 0.5) is 5.69 Å². The van der Waals surface area contributed by atoms with Crippen molar-refractivity contribution in [2.24, 2.45) is 5.73 Å². The Balaban J connectivity index is 2.32. The SMILES string of the molecule is NC(=O)C1CCCCN1C(=O)c1cc(N)c(Cl)c(Cl)c1. The van der Waals surface area contributed by atoms with Gasteiger partial charge in [-0.1, -0.05) is 23.2 Å². The number of anilines is 1. The lowest BCUT2D eigenvalue weighted by molar-refractivity contribution is -0.123. The average molecular weight is 316 g/mol. The van der Waals surface area contributed by atoms with E-state index in [9.17, 15) is 9.59 Å². The first-order valence-corrected chi connectivity index (χ1v) is 7.02. The van der Waals surface area contributed by atoms with Crippen LogP contribution in [-0.4, -0.2) is 29.3 Å². The molecule has 0 spiro atoms. The first kappa shape index (κ1) is 14.9. The Morgan fingerprint density at radius 3 is 2.55 bits per heavy atom. The Morgan fingerprint density at radius 1 is 1.25 bits per heavy atom. The molecule has 1 saturated heterocycles. The summed E-state index contributed by atoms with van der Waals surface area (Å²) in [4.78, 5) is 25.4. The molecule has 1 atom stereocenters. The number of nitrogens with zero attached hydrogens (tertiary/aromatic N) is 1. The molecule has 1 aromatic carbocycles. The Labute approximate surface area is 126 Å². The third kappa shape index (κ3) is 2.83. The van der Waals surface area contributed by atoms with Crippen molar-refractivity contribution in [1.82, 2.24) is 4.90 Å². The van der Waals surface area contributed by atoms with Gasteiger partial charge >= 0.3 is 0 Å². The van der Waals surface area contributed by atoms with Crippen molar-refractivity contribution >= 4 is 40.7 Å². The number of carbonyl (C=O) groups is 2. The van der Waals surface area contributed by atoms with Crippen molar-refractivity contribution in [1.29, 1.82) is 0 Å². The van der Waals surface area contributed by atoms with Gasteiger partial charge in [0.15, 0.2) is 0 Å². The Morgan fingerprint density at radius 2 is 1.95 bits per heavy atom. The van der Waals surface area contributed by atoms with E-state index in [0.717, 1.165) is 12.8 Å². The van der Waals surface area contributed by atoms with E-state index in [2.05, 4.69) is 0 Å². The molecule has 1 fully saturated rings. The van der Waals surface area contributed by atoms with E-state index in [-0.39, 0.29) is 21.6 Å². The first-order chi connectivity index (χ1) is 9.41. The number of hydrogen-bond donors (Lipinski definition) is 2. The molecular weight excluding hydrogens is 301 g/mol. The summed E-state index contributed by atoms with van der Waals surface area (Å²) in [6.45, 7) is 0.493. The lowest BCUT2D eigenvalue weighted by Crippen LogP contribution is -2.50. The lowest BCUT2D eigenvalue weighted by Gasteiger charge is -2.33. The second kappa shape index (κ2) is 5.89. The molecule has 7 heteroatoms. The molecule has 4 N–H and O–H groups in total. The van der Waals surface area contributed by atoms with Crippen LogP contribution in [0.3, 0.4) is 0 Å². The largest absolute Gasteiger partial charge is 0.397 e. The molecule has 1 unspecified atom stereocenters. The first-order valence-electron chi connectivity index (χ1n) is 6.26. The van der Waals surface area contributed by atoms with E-state index in [4.69, 9.17) is 34.7 Å². The molecule has 1 aliphatic heterocycles. The molecule has 1 aliphatic rings. The van der Waals surface area contributed by atoms with Crippen LogP contribution in [0.5, 0.6) is 0 Å². The quantitative estimate of drug-likeness (QED) is 0.818. The number of carbonyl (C=O) groups excluding carboxylic acids is 2. The Bertz CT molecular complexity index is 540. The maximum Gasteiger partial charge on any atom is 0.254 e. The maximum atomic E-state index is 12.5. The van der Waals surface area contributed by atoms with Gasteiger partial charge in [0.2, 0.25) is 5.91 Å². The van der Waals surface area contributed by atoms with Crippen molar-refractivity contribution in [2.45, 2.75) is 25.3 Å². The fourth-order valence-electron chi connectivity index (χ4n) is 2.37. The van der Waals surface area contributed by atoms with Crippen molar-refractivity contribution in [2.75, 3.05) is 12.3 Å². The van der Waals surface area contributed by atoms with E-state index in [1.54, 1.807) is 0 Å². The zero-order valence-corrected chi connectivity index (χ0v) is 12.2. The number of piperidine rings is 1. The van der Waals surface area contributed by atoms with E-state index in [1.807, 2.05) is 0 Å². The van der Waals surface area contributed by atoms with Crippen molar-refractivity contribution in [3.8, 4) is 0 Å². The highest BCUT2D eigenvalue weighted by Gasteiger charge is 2.31. The van der Waals surface area contributed by atoms with Gasteiger partial charge in [-0.3, -0.25) is 9.59 Å². The monoisotopic (exact) mass is 315 g/mol. The number of nitrogen functional groups attached to an aromatic ring is 1. The van der Waals surface area contributed by atoms with Gasteiger partial charge in [0.1, 0.15) is 6.04 Å². The molecule has 108 valence electrons. The van der Waals surface area contributed by atoms with Crippen LogP contribution in [-0.2, 0) is 4.79 Å². The molecule has 5 nitrogen and oxygen atoms in total. The van der Waals surface area contributed by atoms with E-state index in [1.165, 1.54) is 17.0 Å². The second-order valence-corrected chi connectivity index (χ2v) is 5.56. The van der Waals surface area contributed by atoms with Crippen LogP contribution >= 0.6 is 23.2 Å². The number of primary amides is 1. The van der Waals surface area contributed by atoms with Crippen LogP contribution < -0.4 is 11.5 Å². The topological polar surface area (TPSA) is 89.4 Å². The number of likely N-dealkylation sites (tertiary alicyclic amines) is 1. The van der Waals surface area contributed by atoms with Gasteiger partial charge in [-0.15, -0.1) is 0 Å². The number of rotatable bonds is 2. The molecule has 1 heterocycles. The third-order valence-corrected chi connectivity index (χ3v) is 4.21. The summed E-state index contributed by atoms with van der Waals surface area (Å²) in [5.74, 6) is -0.801. The van der Waals surface area contributed by atoms with E-state index in [0.29, 0.717) is 18.5 Å². The molecular formula is C13H15Cl2N3O2. The number of amides is 2. The molecule has 2 rings (SSSR count). The Hall–Kier alpha value is -1.46. The molecule has 0 aliphatic carbocycles. The van der Waals surface area contributed by atoms with Crippen LogP contribution in [0, 0.1) is 0 Å². The summed E-state index contributed by atoms with van der Waals surface area (Å²) in [6, 6.07) is 2.34. The van der Waals surface area contributed by atoms with Crippen LogP contribution in [0.2, 0.25) is 10.0 Å². The standard InChI is InChI=1S/C13H15Cl2N3O2/c14-8-5-7(6-9(16)11(8)15)13(20)18-4-2-1-3-10(18)12(17)19/h5-6,10H,1-4,16H2,(H2,17,19). The summed E-state index contributed by atoms with van der Waals surface area (Å²) >= 11 is 11.8. The third-order valence-electron chi connectivity index (χ3n) is 3.40. The van der Waals surface area contributed by atoms with Gasteiger partial charge < -0.3 is 16.4 Å². The normalized spacial score (nSPS) is 18.9. The van der Waals surface area contributed by atoms with E-state index < -0.39 is 11.9 Å². The minimum atomic E-state index is -0.577. The lowest BCUT2D eigenvalue weighted by atomic mass is 10.00. The predicted octanol–water partition coefficient (Wildman–Crippen LogP) is 2.06. The van der Waals surface area contributed by atoms with E-state index >= 15 is 0 Å². The van der Waals surface area contributed by atoms with Gasteiger partial charge in [-0.05, 0) is 31.4 Å². The second-order valence-electron chi connectivity index (χ2n) is 4.77. The Kier molecular flexibility index (Phi) is 4.40. The van der Waals surface area contributed by atoms with Crippen LogP contribution in [0.25, 0.3) is 0 Å². The zero-order valence-electron chi connectivity index (χ0n) is 10.7. The summed E-state index contributed by atoms with van der Waals surface area (Å²) in [5, 5.41) is 0.427. The van der Waals surface area contributed by atoms with Crippen molar-refractivity contribution in [3.63, 3.8) is 0 Å². The molecule has 20 heavy (non-hydrogen) atoms. The summed E-state index contributed by atoms with van der Waals surface area (Å²) in [6.07, 6.45) is 2.30. The average Bonchev–Trinajstić information content (AvgIpc) is 2.43. The fraction of sp³-hybridized carbons (Fsp3) is 0.385. The molecule has 0 saturated carbocycles. The molecule has 0 bridgehead atoms. The molecule has 1 aromatic rings. The minimum absolute atomic E-state index is 0.211. The van der Waals surface area contributed by atoms with Crippen LogP contribution in [0.15, 0.2) is 12.1 Å². The number of halogens is 2. The van der Waals surface area contributed by atoms with Crippen molar-refractivity contribution in [3.05, 3.63) is 27.7 Å². The number of benzene rings is 1. The molecule has 0 aromatic heterocycles. The molecule has 0 radical (unpaired) electrons. The van der Waals surface area contributed by atoms with Crippen molar-refractivity contribution < 1.29 is 9.59 Å². The highest BCUT2D eigenvalue weighted by atomic mass is 35.5. The highest BCUT2D eigenvalue weighted by molar-refractivity contribution is 6.43. The van der Waals surface area contributed by atoms with Gasteiger partial charge in [-0.25, -0.2) is 0 Å².